The highest BCUT2D eigenvalue weighted by atomic mass is 35.5. The lowest BCUT2D eigenvalue weighted by Gasteiger charge is -1.95. The van der Waals surface area contributed by atoms with E-state index in [1.54, 1.807) is 0 Å². The van der Waals surface area contributed by atoms with E-state index in [4.69, 9.17) is 16.3 Å². The largest absolute Gasteiger partial charge is 0.365 e. The van der Waals surface area contributed by atoms with Crippen LogP contribution in [0.15, 0.2) is 0 Å². The standard InChI is InChI=1S/C6H11ClO/c1-4(7)5-6(2,3)8-5/h4-5H,1-3H3. The van der Waals surface area contributed by atoms with Gasteiger partial charge in [0, 0.05) is 0 Å². The maximum atomic E-state index is 5.73. The number of rotatable bonds is 1. The van der Waals surface area contributed by atoms with Crippen LogP contribution in [0.2, 0.25) is 0 Å². The van der Waals surface area contributed by atoms with Crippen molar-refractivity contribution < 1.29 is 4.74 Å². The Kier molecular flexibility index (Phi) is 1.28. The highest BCUT2D eigenvalue weighted by Gasteiger charge is 2.50. The van der Waals surface area contributed by atoms with Gasteiger partial charge in [-0.25, -0.2) is 0 Å². The maximum Gasteiger partial charge on any atom is 0.103 e. The molecule has 48 valence electrons. The Morgan fingerprint density at radius 2 is 2.00 bits per heavy atom. The van der Waals surface area contributed by atoms with Gasteiger partial charge in [-0.2, -0.15) is 0 Å². The van der Waals surface area contributed by atoms with Gasteiger partial charge >= 0.3 is 0 Å². The number of epoxide rings is 1. The van der Waals surface area contributed by atoms with E-state index in [-0.39, 0.29) is 17.1 Å². The summed E-state index contributed by atoms with van der Waals surface area (Å²) in [4.78, 5) is 0. The lowest BCUT2D eigenvalue weighted by molar-refractivity contribution is 0.323. The molecular weight excluding hydrogens is 124 g/mol. The van der Waals surface area contributed by atoms with E-state index in [0.717, 1.165) is 0 Å². The quantitative estimate of drug-likeness (QED) is 0.394. The molecule has 0 aromatic heterocycles. The Bertz CT molecular complexity index is 98.7. The second-order valence-electron chi connectivity index (χ2n) is 2.82. The van der Waals surface area contributed by atoms with E-state index in [9.17, 15) is 0 Å². The third-order valence-corrected chi connectivity index (χ3v) is 1.70. The van der Waals surface area contributed by atoms with Gasteiger partial charge in [0.2, 0.25) is 0 Å². The summed E-state index contributed by atoms with van der Waals surface area (Å²) in [6.45, 7) is 6.06. The molecule has 1 saturated heterocycles. The van der Waals surface area contributed by atoms with Gasteiger partial charge in [0.1, 0.15) is 6.10 Å². The minimum absolute atomic E-state index is 0.0567. The second kappa shape index (κ2) is 1.61. The van der Waals surface area contributed by atoms with Crippen molar-refractivity contribution in [2.45, 2.75) is 37.9 Å². The summed E-state index contributed by atoms with van der Waals surface area (Å²) >= 11 is 5.73. The molecule has 1 aliphatic heterocycles. The summed E-state index contributed by atoms with van der Waals surface area (Å²) in [5, 5.41) is 0.157. The number of alkyl halides is 1. The molecular formula is C6H11ClO. The molecule has 2 atom stereocenters. The maximum absolute atomic E-state index is 5.73. The fourth-order valence-corrected chi connectivity index (χ4v) is 1.29. The number of halogens is 1. The second-order valence-corrected chi connectivity index (χ2v) is 3.51. The molecule has 1 heterocycles. The lowest BCUT2D eigenvalue weighted by Crippen LogP contribution is -2.10. The van der Waals surface area contributed by atoms with E-state index >= 15 is 0 Å². The Hall–Kier alpha value is 0.250. The molecule has 0 amide bonds. The fourth-order valence-electron chi connectivity index (χ4n) is 0.940. The van der Waals surface area contributed by atoms with Gasteiger partial charge < -0.3 is 4.74 Å². The van der Waals surface area contributed by atoms with E-state index in [0.29, 0.717) is 0 Å². The molecule has 0 radical (unpaired) electrons. The third kappa shape index (κ3) is 0.981. The van der Waals surface area contributed by atoms with Crippen molar-refractivity contribution >= 4 is 11.6 Å². The zero-order valence-corrected chi connectivity index (χ0v) is 6.20. The molecule has 1 aliphatic rings. The van der Waals surface area contributed by atoms with Crippen LogP contribution in [0.25, 0.3) is 0 Å². The minimum Gasteiger partial charge on any atom is -0.365 e. The van der Waals surface area contributed by atoms with Gasteiger partial charge in [-0.3, -0.25) is 0 Å². The summed E-state index contributed by atoms with van der Waals surface area (Å²) < 4.78 is 5.23. The van der Waals surface area contributed by atoms with Crippen molar-refractivity contribution in [2.24, 2.45) is 0 Å². The molecule has 2 unspecified atom stereocenters. The average molecular weight is 135 g/mol. The molecule has 1 nitrogen and oxygen atoms in total. The van der Waals surface area contributed by atoms with Crippen LogP contribution in [0, 0.1) is 0 Å². The van der Waals surface area contributed by atoms with Crippen LogP contribution < -0.4 is 0 Å². The smallest absolute Gasteiger partial charge is 0.103 e. The molecule has 0 aliphatic carbocycles. The molecule has 0 spiro atoms. The van der Waals surface area contributed by atoms with Crippen molar-refractivity contribution in [3.05, 3.63) is 0 Å². The van der Waals surface area contributed by atoms with E-state index in [2.05, 4.69) is 13.8 Å². The summed E-state index contributed by atoms with van der Waals surface area (Å²) in [5.74, 6) is 0. The van der Waals surface area contributed by atoms with Gasteiger partial charge in [-0.05, 0) is 20.8 Å². The Morgan fingerprint density at radius 1 is 1.62 bits per heavy atom. The van der Waals surface area contributed by atoms with E-state index in [1.807, 2.05) is 6.92 Å². The van der Waals surface area contributed by atoms with Gasteiger partial charge in [-0.15, -0.1) is 11.6 Å². The van der Waals surface area contributed by atoms with Crippen molar-refractivity contribution in [3.8, 4) is 0 Å². The van der Waals surface area contributed by atoms with Crippen LogP contribution >= 0.6 is 11.6 Å². The highest BCUT2D eigenvalue weighted by Crippen LogP contribution is 2.39. The molecule has 2 heteroatoms. The first-order chi connectivity index (χ1) is 3.54. The first kappa shape index (κ1) is 6.37. The first-order valence-corrected chi connectivity index (χ1v) is 3.29. The zero-order chi connectivity index (χ0) is 6.36. The lowest BCUT2D eigenvalue weighted by atomic mass is 10.1. The van der Waals surface area contributed by atoms with Gasteiger partial charge in [0.05, 0.1) is 11.0 Å². The molecule has 1 fully saturated rings. The minimum atomic E-state index is 0.0567. The molecule has 0 aromatic rings. The van der Waals surface area contributed by atoms with Crippen LogP contribution in [0.1, 0.15) is 20.8 Å². The van der Waals surface area contributed by atoms with Crippen LogP contribution in [-0.2, 0) is 4.74 Å². The fraction of sp³-hybridized carbons (Fsp3) is 1.00. The van der Waals surface area contributed by atoms with Gasteiger partial charge in [0.25, 0.3) is 0 Å². The van der Waals surface area contributed by atoms with Crippen LogP contribution in [-0.4, -0.2) is 17.1 Å². The van der Waals surface area contributed by atoms with Crippen LogP contribution in [0.3, 0.4) is 0 Å². The molecule has 0 saturated carbocycles. The topological polar surface area (TPSA) is 12.5 Å². The molecule has 0 bridgehead atoms. The molecule has 1 rings (SSSR count). The monoisotopic (exact) mass is 134 g/mol. The highest BCUT2D eigenvalue weighted by molar-refractivity contribution is 6.21. The SMILES string of the molecule is CC(Cl)C1OC1(C)C. The average Bonchev–Trinajstić information content (AvgIpc) is 2.13. The van der Waals surface area contributed by atoms with E-state index < -0.39 is 0 Å². The molecule has 0 aromatic carbocycles. The number of hydrogen-bond acceptors (Lipinski definition) is 1. The zero-order valence-electron chi connectivity index (χ0n) is 5.44. The Labute approximate surface area is 55.0 Å². The number of hydrogen-bond donors (Lipinski definition) is 0. The van der Waals surface area contributed by atoms with Crippen molar-refractivity contribution in [1.82, 2.24) is 0 Å². The first-order valence-electron chi connectivity index (χ1n) is 2.86. The molecule has 0 N–H and O–H groups in total. The summed E-state index contributed by atoms with van der Waals surface area (Å²) in [6, 6.07) is 0. The van der Waals surface area contributed by atoms with Crippen molar-refractivity contribution in [1.29, 1.82) is 0 Å². The van der Waals surface area contributed by atoms with Gasteiger partial charge in [-0.1, -0.05) is 0 Å². The third-order valence-electron chi connectivity index (χ3n) is 1.48. The predicted molar refractivity (Wildman–Crippen MR) is 34.3 cm³/mol. The normalized spacial score (nSPS) is 36.8. The van der Waals surface area contributed by atoms with Crippen LogP contribution in [0.4, 0.5) is 0 Å². The predicted octanol–water partition coefficient (Wildman–Crippen LogP) is 1.79. The van der Waals surface area contributed by atoms with Gasteiger partial charge in [0.15, 0.2) is 0 Å². The van der Waals surface area contributed by atoms with Crippen molar-refractivity contribution in [2.75, 3.05) is 0 Å². The summed E-state index contributed by atoms with van der Waals surface area (Å²) in [7, 11) is 0. The Balaban J connectivity index is 2.37. The van der Waals surface area contributed by atoms with Crippen LogP contribution in [0.5, 0.6) is 0 Å². The number of ether oxygens (including phenoxy) is 1. The summed E-state index contributed by atoms with van der Waals surface area (Å²) in [5.41, 5.74) is 0.0567. The van der Waals surface area contributed by atoms with Crippen molar-refractivity contribution in [3.63, 3.8) is 0 Å². The Morgan fingerprint density at radius 3 is 2.00 bits per heavy atom. The van der Waals surface area contributed by atoms with E-state index in [1.165, 1.54) is 0 Å². The summed E-state index contributed by atoms with van der Waals surface area (Å²) in [6.07, 6.45) is 0.282. The molecule has 8 heavy (non-hydrogen) atoms.